The van der Waals surface area contributed by atoms with Gasteiger partial charge in [-0.05, 0) is 68.5 Å². The molecule has 4 rings (SSSR count). The molecule has 0 unspecified atom stereocenters. The van der Waals surface area contributed by atoms with E-state index in [1.807, 2.05) is 50.2 Å². The molecule has 2 aromatic rings. The summed E-state index contributed by atoms with van der Waals surface area (Å²) in [5.41, 5.74) is 2.90. The number of likely N-dealkylation sites (tertiary alicyclic amines) is 1. The van der Waals surface area contributed by atoms with E-state index in [1.165, 1.54) is 0 Å². The lowest BCUT2D eigenvalue weighted by molar-refractivity contribution is -0.131. The van der Waals surface area contributed by atoms with E-state index in [-0.39, 0.29) is 36.0 Å². The maximum absolute atomic E-state index is 12.5. The summed E-state index contributed by atoms with van der Waals surface area (Å²) in [6.45, 7) is 4.88. The Kier molecular flexibility index (Phi) is 5.96. The van der Waals surface area contributed by atoms with E-state index < -0.39 is 0 Å². The number of carbonyl (C=O) groups excluding carboxylic acids is 1. The third-order valence-corrected chi connectivity index (χ3v) is 5.64. The molecule has 2 aliphatic rings. The summed E-state index contributed by atoms with van der Waals surface area (Å²) < 4.78 is 5.72. The molecule has 1 amide bonds. The van der Waals surface area contributed by atoms with Crippen LogP contribution < -0.4 is 10.1 Å². The van der Waals surface area contributed by atoms with Crippen molar-refractivity contribution in [3.8, 4) is 16.9 Å². The van der Waals surface area contributed by atoms with Crippen molar-refractivity contribution in [2.24, 2.45) is 0 Å². The molecule has 0 aliphatic carbocycles. The van der Waals surface area contributed by atoms with Crippen LogP contribution in [-0.2, 0) is 4.79 Å². The summed E-state index contributed by atoms with van der Waals surface area (Å²) in [4.78, 5) is 19.0. The highest BCUT2D eigenvalue weighted by Gasteiger charge is 2.50. The first-order valence-corrected chi connectivity index (χ1v) is 9.73. The summed E-state index contributed by atoms with van der Waals surface area (Å²) in [6.07, 6.45) is 4.74. The number of rotatable bonds is 4. The van der Waals surface area contributed by atoms with Crippen LogP contribution in [0.1, 0.15) is 44.8 Å². The summed E-state index contributed by atoms with van der Waals surface area (Å²) in [5.74, 6) is 1.10. The van der Waals surface area contributed by atoms with Crippen LogP contribution in [0.2, 0.25) is 0 Å². The Morgan fingerprint density at radius 3 is 2.57 bits per heavy atom. The van der Waals surface area contributed by atoms with Crippen LogP contribution in [0.4, 0.5) is 0 Å². The molecule has 1 aromatic heterocycles. The van der Waals surface area contributed by atoms with Gasteiger partial charge in [-0.3, -0.25) is 15.1 Å². The number of aromatic nitrogens is 1. The van der Waals surface area contributed by atoms with Gasteiger partial charge in [-0.2, -0.15) is 0 Å². The minimum Gasteiger partial charge on any atom is -0.491 e. The lowest BCUT2D eigenvalue weighted by atomic mass is 9.96. The van der Waals surface area contributed by atoms with Crippen LogP contribution in [0.3, 0.4) is 0 Å². The fourth-order valence-corrected chi connectivity index (χ4v) is 4.21. The molecule has 1 aromatic carbocycles. The van der Waals surface area contributed by atoms with Crippen LogP contribution in [-0.4, -0.2) is 41.0 Å². The SMILES string of the molecule is CC(C)Oc1ccc(-c2ccnc([C@H]3CC[C@@]4(CCN(C)C4=O)N3)c2)cc1.Cl. The maximum Gasteiger partial charge on any atom is 0.242 e. The van der Waals surface area contributed by atoms with E-state index in [0.29, 0.717) is 0 Å². The summed E-state index contributed by atoms with van der Waals surface area (Å²) in [7, 11) is 1.89. The van der Waals surface area contributed by atoms with Crippen molar-refractivity contribution in [1.82, 2.24) is 15.2 Å². The topological polar surface area (TPSA) is 54.5 Å². The van der Waals surface area contributed by atoms with Crippen LogP contribution in [0, 0.1) is 0 Å². The first kappa shape index (κ1) is 20.6. The van der Waals surface area contributed by atoms with Gasteiger partial charge < -0.3 is 9.64 Å². The highest BCUT2D eigenvalue weighted by atomic mass is 35.5. The largest absolute Gasteiger partial charge is 0.491 e. The first-order chi connectivity index (χ1) is 13.0. The molecule has 1 N–H and O–H groups in total. The molecule has 2 fully saturated rings. The number of pyridine rings is 1. The molecule has 0 radical (unpaired) electrons. The van der Waals surface area contributed by atoms with E-state index in [2.05, 4.69) is 28.5 Å². The molecule has 150 valence electrons. The van der Waals surface area contributed by atoms with E-state index in [9.17, 15) is 4.79 Å². The number of amides is 1. The predicted molar refractivity (Wildman–Crippen MR) is 113 cm³/mol. The van der Waals surface area contributed by atoms with E-state index in [4.69, 9.17) is 4.74 Å². The van der Waals surface area contributed by atoms with Gasteiger partial charge in [0.2, 0.25) is 5.91 Å². The number of halogens is 1. The molecule has 1 spiro atoms. The minimum absolute atomic E-state index is 0. The van der Waals surface area contributed by atoms with Crippen molar-refractivity contribution in [2.75, 3.05) is 13.6 Å². The molecule has 28 heavy (non-hydrogen) atoms. The van der Waals surface area contributed by atoms with Crippen molar-refractivity contribution >= 4 is 18.3 Å². The molecule has 2 saturated heterocycles. The Labute approximate surface area is 172 Å². The molecule has 3 heterocycles. The second kappa shape index (κ2) is 8.10. The van der Waals surface area contributed by atoms with Gasteiger partial charge >= 0.3 is 0 Å². The average molecular weight is 402 g/mol. The Hall–Kier alpha value is -2.11. The van der Waals surface area contributed by atoms with E-state index in [0.717, 1.165) is 48.4 Å². The van der Waals surface area contributed by atoms with Gasteiger partial charge in [-0.1, -0.05) is 12.1 Å². The lowest BCUT2D eigenvalue weighted by Crippen LogP contribution is -2.47. The highest BCUT2D eigenvalue weighted by Crippen LogP contribution is 2.39. The Bertz CT molecular complexity index is 840. The zero-order valence-electron chi connectivity index (χ0n) is 16.6. The predicted octanol–water partition coefficient (Wildman–Crippen LogP) is 3.98. The van der Waals surface area contributed by atoms with Crippen LogP contribution in [0.15, 0.2) is 42.6 Å². The molecule has 0 saturated carbocycles. The molecule has 2 atom stereocenters. The second-order valence-electron chi connectivity index (χ2n) is 7.95. The van der Waals surface area contributed by atoms with Gasteiger partial charge in [0, 0.05) is 19.8 Å². The van der Waals surface area contributed by atoms with Crippen molar-refractivity contribution in [3.05, 3.63) is 48.3 Å². The Balaban J connectivity index is 0.00000225. The molecule has 2 aliphatic heterocycles. The Morgan fingerprint density at radius 2 is 1.93 bits per heavy atom. The summed E-state index contributed by atoms with van der Waals surface area (Å²) in [5, 5.41) is 3.60. The number of nitrogens with one attached hydrogen (secondary N) is 1. The van der Waals surface area contributed by atoms with Gasteiger partial charge in [0.1, 0.15) is 11.3 Å². The smallest absolute Gasteiger partial charge is 0.242 e. The number of nitrogens with zero attached hydrogens (tertiary/aromatic N) is 2. The number of hydrogen-bond acceptors (Lipinski definition) is 4. The normalized spacial score (nSPS) is 24.1. The number of hydrogen-bond donors (Lipinski definition) is 1. The van der Waals surface area contributed by atoms with Gasteiger partial charge in [-0.15, -0.1) is 12.4 Å². The third-order valence-electron chi connectivity index (χ3n) is 5.64. The van der Waals surface area contributed by atoms with Crippen molar-refractivity contribution in [3.63, 3.8) is 0 Å². The zero-order chi connectivity index (χ0) is 19.0. The molecular formula is C22H28ClN3O2. The third kappa shape index (κ3) is 3.87. The van der Waals surface area contributed by atoms with Crippen molar-refractivity contribution < 1.29 is 9.53 Å². The van der Waals surface area contributed by atoms with Crippen molar-refractivity contribution in [2.45, 2.75) is 50.8 Å². The number of carbonyl (C=O) groups is 1. The van der Waals surface area contributed by atoms with E-state index >= 15 is 0 Å². The van der Waals surface area contributed by atoms with Crippen LogP contribution in [0.5, 0.6) is 5.75 Å². The number of benzene rings is 1. The van der Waals surface area contributed by atoms with Gasteiger partial charge in [-0.25, -0.2) is 0 Å². The minimum atomic E-state index is -0.382. The molecular weight excluding hydrogens is 374 g/mol. The number of likely N-dealkylation sites (N-methyl/N-ethyl adjacent to an activating group) is 1. The molecule has 5 nitrogen and oxygen atoms in total. The molecule has 0 bridgehead atoms. The lowest BCUT2D eigenvalue weighted by Gasteiger charge is -2.23. The zero-order valence-corrected chi connectivity index (χ0v) is 17.5. The first-order valence-electron chi connectivity index (χ1n) is 9.73. The van der Waals surface area contributed by atoms with Crippen molar-refractivity contribution in [1.29, 1.82) is 0 Å². The molecule has 6 heteroatoms. The van der Waals surface area contributed by atoms with Crippen LogP contribution in [0.25, 0.3) is 11.1 Å². The fraction of sp³-hybridized carbons (Fsp3) is 0.455. The fourth-order valence-electron chi connectivity index (χ4n) is 4.21. The quantitative estimate of drug-likeness (QED) is 0.841. The summed E-state index contributed by atoms with van der Waals surface area (Å²) in [6, 6.07) is 12.5. The van der Waals surface area contributed by atoms with Crippen LogP contribution >= 0.6 is 12.4 Å². The maximum atomic E-state index is 12.5. The second-order valence-corrected chi connectivity index (χ2v) is 7.95. The van der Waals surface area contributed by atoms with Gasteiger partial charge in [0.15, 0.2) is 0 Å². The monoisotopic (exact) mass is 401 g/mol. The Morgan fingerprint density at radius 1 is 1.18 bits per heavy atom. The average Bonchev–Trinajstić information content (AvgIpc) is 3.22. The van der Waals surface area contributed by atoms with E-state index in [1.54, 1.807) is 0 Å². The standard InChI is InChI=1S/C22H27N3O2.ClH/c1-15(2)27-18-6-4-16(5-7-18)17-9-12-23-20(14-17)19-8-10-22(24-19)11-13-25(3)21(22)26;/h4-7,9,12,14-15,19,24H,8,10-11,13H2,1-3H3;1H/t19-,22+;/m1./s1. The summed E-state index contributed by atoms with van der Waals surface area (Å²) >= 11 is 0. The number of ether oxygens (including phenoxy) is 1. The van der Waals surface area contributed by atoms with Gasteiger partial charge in [0.05, 0.1) is 17.8 Å². The van der Waals surface area contributed by atoms with Gasteiger partial charge in [0.25, 0.3) is 0 Å². The highest BCUT2D eigenvalue weighted by molar-refractivity contribution is 5.88.